The molecule has 1 atom stereocenters. The van der Waals surface area contributed by atoms with Gasteiger partial charge in [0.25, 0.3) is 0 Å². The lowest BCUT2D eigenvalue weighted by Gasteiger charge is -2.10. The molecule has 2 aromatic carbocycles. The van der Waals surface area contributed by atoms with Gasteiger partial charge in [-0.05, 0) is 55.0 Å². The van der Waals surface area contributed by atoms with E-state index in [0.29, 0.717) is 24.1 Å². The summed E-state index contributed by atoms with van der Waals surface area (Å²) in [7, 11) is 0. The van der Waals surface area contributed by atoms with E-state index in [1.54, 1.807) is 24.3 Å². The Morgan fingerprint density at radius 2 is 1.84 bits per heavy atom. The first-order valence-corrected chi connectivity index (χ1v) is 8.13. The minimum Gasteiger partial charge on any atom is -0.393 e. The van der Waals surface area contributed by atoms with E-state index in [4.69, 9.17) is 5.26 Å². The monoisotopic (exact) mass is 335 g/mol. The van der Waals surface area contributed by atoms with Crippen LogP contribution < -0.4 is 0 Å². The molecule has 0 spiro atoms. The summed E-state index contributed by atoms with van der Waals surface area (Å²) in [6.45, 7) is 1.92. The fourth-order valence-electron chi connectivity index (χ4n) is 2.60. The topological polar surface area (TPSA) is 61.8 Å². The van der Waals surface area contributed by atoms with Gasteiger partial charge in [-0.1, -0.05) is 6.92 Å². The Balaban J connectivity index is 2.04. The van der Waals surface area contributed by atoms with Crippen LogP contribution in [0.5, 0.6) is 0 Å². The summed E-state index contributed by atoms with van der Waals surface area (Å²) in [6, 6.07) is 15.4. The molecule has 126 valence electrons. The molecule has 0 aliphatic carbocycles. The smallest absolute Gasteiger partial charge is 0.123 e. The minimum atomic E-state index is -0.486. The third kappa shape index (κ3) is 3.76. The van der Waals surface area contributed by atoms with Crippen LogP contribution in [0.25, 0.3) is 16.9 Å². The van der Waals surface area contributed by atoms with Crippen molar-refractivity contribution in [2.75, 3.05) is 0 Å². The van der Waals surface area contributed by atoms with E-state index < -0.39 is 6.10 Å². The molecule has 3 aromatic rings. The summed E-state index contributed by atoms with van der Waals surface area (Å²) in [6.07, 6.45) is 2.43. The summed E-state index contributed by atoms with van der Waals surface area (Å²) in [5, 5.41) is 19.0. The van der Waals surface area contributed by atoms with Crippen LogP contribution in [0.3, 0.4) is 0 Å². The molecule has 1 heterocycles. The largest absolute Gasteiger partial charge is 0.393 e. The molecular weight excluding hydrogens is 317 g/mol. The van der Waals surface area contributed by atoms with Crippen molar-refractivity contribution in [1.82, 2.24) is 9.55 Å². The number of nitriles is 1. The van der Waals surface area contributed by atoms with Crippen LogP contribution in [-0.2, 0) is 6.42 Å². The minimum absolute atomic E-state index is 0.295. The number of aromatic nitrogens is 2. The van der Waals surface area contributed by atoms with Gasteiger partial charge in [0.1, 0.15) is 11.6 Å². The third-order valence-corrected chi connectivity index (χ3v) is 4.08. The van der Waals surface area contributed by atoms with Crippen LogP contribution in [0.4, 0.5) is 4.39 Å². The number of imidazole rings is 1. The lowest BCUT2D eigenvalue weighted by atomic mass is 10.2. The summed E-state index contributed by atoms with van der Waals surface area (Å²) >= 11 is 0. The van der Waals surface area contributed by atoms with Crippen molar-refractivity contribution in [2.45, 2.75) is 25.9 Å². The first-order valence-electron chi connectivity index (χ1n) is 8.13. The van der Waals surface area contributed by atoms with Crippen LogP contribution in [0.2, 0.25) is 0 Å². The Labute approximate surface area is 145 Å². The number of halogens is 1. The summed E-state index contributed by atoms with van der Waals surface area (Å²) in [5.41, 5.74) is 2.96. The predicted octanol–water partition coefficient (Wildman–Crippen LogP) is 3.86. The van der Waals surface area contributed by atoms with E-state index >= 15 is 0 Å². The zero-order chi connectivity index (χ0) is 17.8. The van der Waals surface area contributed by atoms with Gasteiger partial charge in [0.05, 0.1) is 23.4 Å². The molecule has 0 saturated carbocycles. The Bertz CT molecular complexity index is 892. The highest BCUT2D eigenvalue weighted by Gasteiger charge is 2.14. The second kappa shape index (κ2) is 7.29. The van der Waals surface area contributed by atoms with Gasteiger partial charge in [0, 0.05) is 23.9 Å². The van der Waals surface area contributed by atoms with Gasteiger partial charge < -0.3 is 9.67 Å². The zero-order valence-corrected chi connectivity index (χ0v) is 13.9. The second-order valence-electron chi connectivity index (χ2n) is 5.84. The Morgan fingerprint density at radius 3 is 2.44 bits per heavy atom. The molecule has 1 aromatic heterocycles. The van der Waals surface area contributed by atoms with Crippen molar-refractivity contribution >= 4 is 0 Å². The summed E-state index contributed by atoms with van der Waals surface area (Å²) in [4.78, 5) is 4.63. The number of aliphatic hydroxyl groups excluding tert-OH is 1. The van der Waals surface area contributed by atoms with Crippen molar-refractivity contribution in [2.24, 2.45) is 0 Å². The maximum atomic E-state index is 13.2. The fraction of sp³-hybridized carbons (Fsp3) is 0.200. The van der Waals surface area contributed by atoms with Gasteiger partial charge in [-0.2, -0.15) is 5.26 Å². The maximum Gasteiger partial charge on any atom is 0.123 e. The van der Waals surface area contributed by atoms with Gasteiger partial charge in [-0.3, -0.25) is 0 Å². The average molecular weight is 335 g/mol. The Kier molecular flexibility index (Phi) is 4.92. The molecule has 5 heteroatoms. The molecule has 0 bridgehead atoms. The van der Waals surface area contributed by atoms with Gasteiger partial charge >= 0.3 is 0 Å². The van der Waals surface area contributed by atoms with Gasteiger partial charge in [0.2, 0.25) is 0 Å². The molecule has 1 unspecified atom stereocenters. The van der Waals surface area contributed by atoms with Crippen LogP contribution in [-0.4, -0.2) is 20.8 Å². The van der Waals surface area contributed by atoms with E-state index in [2.05, 4.69) is 11.1 Å². The lowest BCUT2D eigenvalue weighted by Crippen LogP contribution is -2.12. The first kappa shape index (κ1) is 16.9. The highest BCUT2D eigenvalue weighted by Crippen LogP contribution is 2.23. The van der Waals surface area contributed by atoms with Crippen molar-refractivity contribution < 1.29 is 9.50 Å². The van der Waals surface area contributed by atoms with Crippen LogP contribution in [0, 0.1) is 17.1 Å². The standard InChI is InChI=1S/C20H18FN3O/c1-2-18(25)11-20-23-19(15-5-7-16(21)8-6-15)13-24(20)17-9-3-14(12-22)4-10-17/h3-10,13,18,25H,2,11H2,1H3. The molecule has 4 nitrogen and oxygen atoms in total. The number of hydrogen-bond acceptors (Lipinski definition) is 3. The summed E-state index contributed by atoms with van der Waals surface area (Å²) in [5.74, 6) is 0.426. The molecule has 1 N–H and O–H groups in total. The third-order valence-electron chi connectivity index (χ3n) is 4.08. The van der Waals surface area contributed by atoms with Crippen molar-refractivity contribution in [3.63, 3.8) is 0 Å². The molecule has 0 amide bonds. The SMILES string of the molecule is CCC(O)Cc1nc(-c2ccc(F)cc2)cn1-c1ccc(C#N)cc1. The molecule has 3 rings (SSSR count). The molecule has 0 aliphatic heterocycles. The number of benzene rings is 2. The first-order chi connectivity index (χ1) is 12.1. The van der Waals surface area contributed by atoms with E-state index in [1.165, 1.54) is 12.1 Å². The molecule has 0 saturated heterocycles. The number of aliphatic hydroxyl groups is 1. The van der Waals surface area contributed by atoms with Crippen molar-refractivity contribution in [3.8, 4) is 23.0 Å². The highest BCUT2D eigenvalue weighted by atomic mass is 19.1. The molecule has 0 radical (unpaired) electrons. The fourth-order valence-corrected chi connectivity index (χ4v) is 2.60. The maximum absolute atomic E-state index is 13.2. The number of rotatable bonds is 5. The van der Waals surface area contributed by atoms with Gasteiger partial charge in [-0.25, -0.2) is 9.37 Å². The molecule has 0 aliphatic rings. The highest BCUT2D eigenvalue weighted by molar-refractivity contribution is 5.59. The molecule has 25 heavy (non-hydrogen) atoms. The number of hydrogen-bond donors (Lipinski definition) is 1. The van der Waals surface area contributed by atoms with Crippen LogP contribution in [0.15, 0.2) is 54.7 Å². The Morgan fingerprint density at radius 1 is 1.16 bits per heavy atom. The van der Waals surface area contributed by atoms with Crippen LogP contribution >= 0.6 is 0 Å². The zero-order valence-electron chi connectivity index (χ0n) is 13.9. The summed E-state index contributed by atoms with van der Waals surface area (Å²) < 4.78 is 15.1. The Hall–Kier alpha value is -2.97. The normalized spacial score (nSPS) is 11.9. The molecule has 0 fully saturated rings. The van der Waals surface area contributed by atoms with Gasteiger partial charge in [-0.15, -0.1) is 0 Å². The lowest BCUT2D eigenvalue weighted by molar-refractivity contribution is 0.168. The van der Waals surface area contributed by atoms with Crippen molar-refractivity contribution in [3.05, 3.63) is 71.9 Å². The van der Waals surface area contributed by atoms with Gasteiger partial charge in [0.15, 0.2) is 0 Å². The van der Waals surface area contributed by atoms with Crippen LogP contribution in [0.1, 0.15) is 24.7 Å². The average Bonchev–Trinajstić information content (AvgIpc) is 3.06. The second-order valence-corrected chi connectivity index (χ2v) is 5.84. The van der Waals surface area contributed by atoms with E-state index in [0.717, 1.165) is 17.1 Å². The number of nitrogens with zero attached hydrogens (tertiary/aromatic N) is 3. The van der Waals surface area contributed by atoms with Crippen molar-refractivity contribution in [1.29, 1.82) is 5.26 Å². The quantitative estimate of drug-likeness (QED) is 0.770. The predicted molar refractivity (Wildman–Crippen MR) is 93.7 cm³/mol. The van der Waals surface area contributed by atoms with E-state index in [1.807, 2.05) is 29.8 Å². The molecular formula is C20H18FN3O. The van der Waals surface area contributed by atoms with E-state index in [9.17, 15) is 9.50 Å². The van der Waals surface area contributed by atoms with E-state index in [-0.39, 0.29) is 5.82 Å².